The van der Waals surface area contributed by atoms with Crippen LogP contribution in [-0.2, 0) is 16.1 Å². The minimum Gasteiger partial charge on any atom is -0.462 e. The maximum atomic E-state index is 12.6. The van der Waals surface area contributed by atoms with E-state index in [0.717, 1.165) is 6.54 Å². The van der Waals surface area contributed by atoms with E-state index in [1.807, 2.05) is 25.9 Å². The smallest absolute Gasteiger partial charge is 0.343 e. The van der Waals surface area contributed by atoms with Crippen LogP contribution >= 0.6 is 0 Å². The number of pyridine rings is 1. The molecule has 9 heteroatoms. The molecule has 0 radical (unpaired) electrons. The summed E-state index contributed by atoms with van der Waals surface area (Å²) >= 11 is 0. The number of para-hydroxylation sites is 1. The zero-order valence-corrected chi connectivity index (χ0v) is 19.7. The van der Waals surface area contributed by atoms with Crippen LogP contribution in [0, 0.1) is 0 Å². The highest BCUT2D eigenvalue weighted by molar-refractivity contribution is 5.96. The van der Waals surface area contributed by atoms with Crippen molar-refractivity contribution in [3.8, 4) is 5.75 Å². The first kappa shape index (κ1) is 26.0. The van der Waals surface area contributed by atoms with Crippen molar-refractivity contribution < 1.29 is 23.9 Å². The van der Waals surface area contributed by atoms with E-state index in [-0.39, 0.29) is 35.9 Å². The van der Waals surface area contributed by atoms with Crippen molar-refractivity contribution >= 4 is 17.8 Å². The Morgan fingerprint density at radius 2 is 1.79 bits per heavy atom. The second-order valence-corrected chi connectivity index (χ2v) is 7.52. The van der Waals surface area contributed by atoms with Crippen LogP contribution in [0.2, 0.25) is 0 Å². The van der Waals surface area contributed by atoms with Gasteiger partial charge in [-0.3, -0.25) is 9.78 Å². The first-order valence-corrected chi connectivity index (χ1v) is 10.9. The fourth-order valence-corrected chi connectivity index (χ4v) is 2.98. The SMILES string of the molecule is CCOC(=O)c1ccccc1OC(=O)c1ccnc(CNCC(=O)N(CC)CCN(C)C)c1. The Morgan fingerprint density at radius 3 is 2.48 bits per heavy atom. The van der Waals surface area contributed by atoms with E-state index in [9.17, 15) is 14.4 Å². The van der Waals surface area contributed by atoms with E-state index in [2.05, 4.69) is 10.3 Å². The number of nitrogens with one attached hydrogen (secondary N) is 1. The molecule has 178 valence electrons. The second kappa shape index (κ2) is 13.3. The molecule has 0 saturated carbocycles. The number of ether oxygens (including phenoxy) is 2. The number of hydrogen-bond donors (Lipinski definition) is 1. The van der Waals surface area contributed by atoms with E-state index in [4.69, 9.17) is 9.47 Å². The first-order chi connectivity index (χ1) is 15.8. The fraction of sp³-hybridized carbons (Fsp3) is 0.417. The third kappa shape index (κ3) is 8.28. The molecule has 9 nitrogen and oxygen atoms in total. The van der Waals surface area contributed by atoms with Gasteiger partial charge in [0.2, 0.25) is 5.91 Å². The van der Waals surface area contributed by atoms with Crippen LogP contribution in [0.4, 0.5) is 0 Å². The molecule has 1 heterocycles. The fourth-order valence-electron chi connectivity index (χ4n) is 2.98. The Labute approximate surface area is 194 Å². The molecule has 1 aromatic carbocycles. The molecule has 0 aliphatic carbocycles. The number of carbonyl (C=O) groups is 3. The minimum atomic E-state index is -0.618. The molecule has 2 rings (SSSR count). The minimum absolute atomic E-state index is 0.00508. The van der Waals surface area contributed by atoms with E-state index >= 15 is 0 Å². The van der Waals surface area contributed by atoms with Gasteiger partial charge < -0.3 is 24.6 Å². The van der Waals surface area contributed by atoms with Crippen molar-refractivity contribution in [1.29, 1.82) is 0 Å². The monoisotopic (exact) mass is 456 g/mol. The Morgan fingerprint density at radius 1 is 1.03 bits per heavy atom. The van der Waals surface area contributed by atoms with E-state index in [1.165, 1.54) is 24.4 Å². The van der Waals surface area contributed by atoms with E-state index in [1.54, 1.807) is 30.0 Å². The molecule has 2 aromatic rings. The summed E-state index contributed by atoms with van der Waals surface area (Å²) in [5.41, 5.74) is 1.05. The van der Waals surface area contributed by atoms with Crippen LogP contribution in [0.25, 0.3) is 0 Å². The maximum Gasteiger partial charge on any atom is 0.343 e. The zero-order chi connectivity index (χ0) is 24.2. The number of rotatable bonds is 12. The van der Waals surface area contributed by atoms with Gasteiger partial charge in [-0.05, 0) is 52.2 Å². The van der Waals surface area contributed by atoms with Crippen molar-refractivity contribution in [3.05, 3.63) is 59.4 Å². The Balaban J connectivity index is 1.96. The molecule has 0 fully saturated rings. The molecule has 0 saturated heterocycles. The van der Waals surface area contributed by atoms with Crippen LogP contribution in [0.5, 0.6) is 5.75 Å². The van der Waals surface area contributed by atoms with Crippen molar-refractivity contribution in [2.75, 3.05) is 46.9 Å². The highest BCUT2D eigenvalue weighted by Crippen LogP contribution is 2.20. The van der Waals surface area contributed by atoms with Gasteiger partial charge in [0, 0.05) is 32.4 Å². The topological polar surface area (TPSA) is 101 Å². The molecular formula is C24H32N4O5. The lowest BCUT2D eigenvalue weighted by atomic mass is 10.2. The lowest BCUT2D eigenvalue weighted by Gasteiger charge is -2.23. The van der Waals surface area contributed by atoms with Crippen LogP contribution in [0.15, 0.2) is 42.6 Å². The third-order valence-electron chi connectivity index (χ3n) is 4.77. The predicted octanol–water partition coefficient (Wildman–Crippen LogP) is 1.98. The number of nitrogens with zero attached hydrogens (tertiary/aromatic N) is 3. The molecule has 0 aliphatic heterocycles. The van der Waals surface area contributed by atoms with Gasteiger partial charge in [-0.25, -0.2) is 9.59 Å². The summed E-state index contributed by atoms with van der Waals surface area (Å²) in [4.78, 5) is 45.2. The number of carbonyl (C=O) groups excluding carboxylic acids is 3. The number of esters is 2. The third-order valence-corrected chi connectivity index (χ3v) is 4.77. The summed E-state index contributed by atoms with van der Waals surface area (Å²) in [5.74, 6) is -1.05. The summed E-state index contributed by atoms with van der Waals surface area (Å²) in [6.45, 7) is 6.46. The van der Waals surface area contributed by atoms with Crippen molar-refractivity contribution in [1.82, 2.24) is 20.1 Å². The van der Waals surface area contributed by atoms with Gasteiger partial charge in [0.25, 0.3) is 0 Å². The Kier molecular flexibility index (Phi) is 10.5. The van der Waals surface area contributed by atoms with Gasteiger partial charge in [0.15, 0.2) is 0 Å². The normalized spacial score (nSPS) is 10.7. The van der Waals surface area contributed by atoms with Crippen molar-refractivity contribution in [3.63, 3.8) is 0 Å². The lowest BCUT2D eigenvalue weighted by Crippen LogP contribution is -2.41. The van der Waals surface area contributed by atoms with E-state index in [0.29, 0.717) is 25.3 Å². The van der Waals surface area contributed by atoms with Gasteiger partial charge in [0.05, 0.1) is 24.4 Å². The molecule has 0 bridgehead atoms. The van der Waals surface area contributed by atoms with Crippen LogP contribution in [0.1, 0.15) is 40.3 Å². The van der Waals surface area contributed by atoms with Crippen molar-refractivity contribution in [2.45, 2.75) is 20.4 Å². The summed E-state index contributed by atoms with van der Waals surface area (Å²) < 4.78 is 10.4. The molecule has 1 aromatic heterocycles. The lowest BCUT2D eigenvalue weighted by molar-refractivity contribution is -0.130. The predicted molar refractivity (Wildman–Crippen MR) is 124 cm³/mol. The number of amides is 1. The summed E-state index contributed by atoms with van der Waals surface area (Å²) in [6.07, 6.45) is 1.50. The molecular weight excluding hydrogens is 424 g/mol. The second-order valence-electron chi connectivity index (χ2n) is 7.52. The summed E-state index contributed by atoms with van der Waals surface area (Å²) in [5, 5.41) is 3.08. The van der Waals surface area contributed by atoms with Crippen LogP contribution in [-0.4, -0.2) is 79.5 Å². The van der Waals surface area contributed by atoms with Gasteiger partial charge in [-0.1, -0.05) is 12.1 Å². The highest BCUT2D eigenvalue weighted by Gasteiger charge is 2.17. The molecule has 0 aliphatic rings. The highest BCUT2D eigenvalue weighted by atomic mass is 16.5. The van der Waals surface area contributed by atoms with Gasteiger partial charge in [0.1, 0.15) is 11.3 Å². The number of benzene rings is 1. The largest absolute Gasteiger partial charge is 0.462 e. The Bertz CT molecular complexity index is 948. The van der Waals surface area contributed by atoms with Crippen LogP contribution < -0.4 is 10.1 Å². The molecule has 0 spiro atoms. The average Bonchev–Trinajstić information content (AvgIpc) is 2.80. The molecule has 0 unspecified atom stereocenters. The van der Waals surface area contributed by atoms with Crippen molar-refractivity contribution in [2.24, 2.45) is 0 Å². The van der Waals surface area contributed by atoms with E-state index < -0.39 is 11.9 Å². The van der Waals surface area contributed by atoms with Crippen LogP contribution in [0.3, 0.4) is 0 Å². The number of aromatic nitrogens is 1. The standard InChI is InChI=1S/C24H32N4O5/c1-5-28(14-13-27(3)4)22(29)17-25-16-19-15-18(11-12-26-19)23(30)33-21-10-8-7-9-20(21)24(31)32-6-2/h7-12,15,25H,5-6,13-14,16-17H2,1-4H3. The summed E-state index contributed by atoms with van der Waals surface area (Å²) in [7, 11) is 3.94. The Hall–Kier alpha value is -3.30. The number of hydrogen-bond acceptors (Lipinski definition) is 8. The van der Waals surface area contributed by atoms with Gasteiger partial charge >= 0.3 is 11.9 Å². The molecule has 33 heavy (non-hydrogen) atoms. The number of likely N-dealkylation sites (N-methyl/N-ethyl adjacent to an activating group) is 2. The summed E-state index contributed by atoms with van der Waals surface area (Å²) in [6, 6.07) is 9.54. The molecule has 0 atom stereocenters. The quantitative estimate of drug-likeness (QED) is 0.382. The molecule has 1 N–H and O–H groups in total. The maximum absolute atomic E-state index is 12.6. The average molecular weight is 457 g/mol. The van der Waals surface area contributed by atoms with Gasteiger partial charge in [-0.15, -0.1) is 0 Å². The zero-order valence-electron chi connectivity index (χ0n) is 19.7. The first-order valence-electron chi connectivity index (χ1n) is 10.9. The van der Waals surface area contributed by atoms with Gasteiger partial charge in [-0.2, -0.15) is 0 Å². The molecule has 1 amide bonds.